The van der Waals surface area contributed by atoms with Gasteiger partial charge in [-0.1, -0.05) is 26.0 Å². The fraction of sp³-hybridized carbons (Fsp3) is 0.562. The van der Waals surface area contributed by atoms with Crippen molar-refractivity contribution < 1.29 is 14.3 Å². The topological polar surface area (TPSA) is 52.6 Å². The van der Waals surface area contributed by atoms with Crippen molar-refractivity contribution in [2.75, 3.05) is 19.7 Å². The van der Waals surface area contributed by atoms with Gasteiger partial charge < -0.3 is 15.3 Å². The molecule has 1 aromatic rings. The molecule has 0 saturated carbocycles. The van der Waals surface area contributed by atoms with Gasteiger partial charge in [0.05, 0.1) is 19.1 Å². The maximum atomic E-state index is 12.9. The summed E-state index contributed by atoms with van der Waals surface area (Å²) in [6.07, 6.45) is 0.238. The molecule has 0 spiro atoms. The summed E-state index contributed by atoms with van der Waals surface area (Å²) in [4.78, 5) is 14.2. The first-order chi connectivity index (χ1) is 10.0. The number of hydrogen-bond acceptors (Lipinski definition) is 3. The molecule has 2 rings (SSSR count). The Balaban J connectivity index is 2.05. The van der Waals surface area contributed by atoms with Crippen LogP contribution in [0.15, 0.2) is 24.3 Å². The minimum absolute atomic E-state index is 0.0205. The van der Waals surface area contributed by atoms with Crippen molar-refractivity contribution in [2.24, 2.45) is 5.92 Å². The van der Waals surface area contributed by atoms with E-state index in [-0.39, 0.29) is 36.8 Å². The molecule has 0 bridgehead atoms. The molecule has 1 fully saturated rings. The van der Waals surface area contributed by atoms with E-state index in [0.717, 1.165) is 5.56 Å². The van der Waals surface area contributed by atoms with Crippen LogP contribution in [-0.4, -0.2) is 47.7 Å². The number of nitrogens with one attached hydrogen (secondary N) is 1. The number of halogens is 1. The van der Waals surface area contributed by atoms with E-state index in [1.807, 2.05) is 0 Å². The number of rotatable bonds is 4. The third kappa shape index (κ3) is 4.02. The molecule has 4 nitrogen and oxygen atoms in total. The van der Waals surface area contributed by atoms with E-state index in [1.54, 1.807) is 17.0 Å². The monoisotopic (exact) mass is 294 g/mol. The summed E-state index contributed by atoms with van der Waals surface area (Å²) in [5.74, 6) is 0.0973. The van der Waals surface area contributed by atoms with Gasteiger partial charge in [-0.3, -0.25) is 4.79 Å². The molecule has 2 atom stereocenters. The normalized spacial score (nSPS) is 22.6. The van der Waals surface area contributed by atoms with Crippen LogP contribution >= 0.6 is 0 Å². The third-order valence-corrected chi connectivity index (χ3v) is 4.05. The first kappa shape index (κ1) is 15.9. The van der Waals surface area contributed by atoms with Crippen LogP contribution in [0.1, 0.15) is 19.4 Å². The number of aliphatic hydroxyl groups excluding tert-OH is 1. The minimum atomic E-state index is -0.304. The molecule has 0 radical (unpaired) electrons. The molecular formula is C16H23FN2O2. The van der Waals surface area contributed by atoms with E-state index >= 15 is 0 Å². The lowest BCUT2D eigenvalue weighted by Crippen LogP contribution is -2.61. The Bertz CT molecular complexity index is 476. The molecule has 21 heavy (non-hydrogen) atoms. The lowest BCUT2D eigenvalue weighted by molar-refractivity contribution is -0.135. The second-order valence-corrected chi connectivity index (χ2v) is 5.94. The summed E-state index contributed by atoms with van der Waals surface area (Å²) in [6.45, 7) is 5.38. The number of piperazine rings is 1. The van der Waals surface area contributed by atoms with Gasteiger partial charge in [0.1, 0.15) is 5.82 Å². The first-order valence-electron chi connectivity index (χ1n) is 7.39. The maximum Gasteiger partial charge on any atom is 0.227 e. The zero-order valence-electron chi connectivity index (χ0n) is 12.6. The summed E-state index contributed by atoms with van der Waals surface area (Å²) in [5.41, 5.74) is 0.790. The van der Waals surface area contributed by atoms with Gasteiger partial charge in [-0.15, -0.1) is 0 Å². The van der Waals surface area contributed by atoms with Gasteiger partial charge in [0.15, 0.2) is 0 Å². The van der Waals surface area contributed by atoms with E-state index in [4.69, 9.17) is 0 Å². The number of nitrogens with zero attached hydrogens (tertiary/aromatic N) is 1. The fourth-order valence-electron chi connectivity index (χ4n) is 2.62. The molecule has 1 saturated heterocycles. The summed E-state index contributed by atoms with van der Waals surface area (Å²) >= 11 is 0. The minimum Gasteiger partial charge on any atom is -0.394 e. The predicted octanol–water partition coefficient (Wildman–Crippen LogP) is 1.19. The van der Waals surface area contributed by atoms with Crippen LogP contribution in [0.5, 0.6) is 0 Å². The van der Waals surface area contributed by atoms with Crippen LogP contribution in [0.3, 0.4) is 0 Å². The van der Waals surface area contributed by atoms with Gasteiger partial charge >= 0.3 is 0 Å². The number of hydrogen-bond donors (Lipinski definition) is 2. The van der Waals surface area contributed by atoms with Crippen molar-refractivity contribution in [1.82, 2.24) is 10.2 Å². The smallest absolute Gasteiger partial charge is 0.227 e. The third-order valence-electron chi connectivity index (χ3n) is 4.05. The summed E-state index contributed by atoms with van der Waals surface area (Å²) in [7, 11) is 0. The molecule has 1 aliphatic rings. The molecule has 5 heteroatoms. The lowest BCUT2D eigenvalue weighted by atomic mass is 9.98. The van der Waals surface area contributed by atoms with Gasteiger partial charge in [-0.25, -0.2) is 4.39 Å². The Morgan fingerprint density at radius 2 is 2.10 bits per heavy atom. The van der Waals surface area contributed by atoms with E-state index in [0.29, 0.717) is 19.0 Å². The summed E-state index contributed by atoms with van der Waals surface area (Å²) in [5, 5.41) is 12.8. The van der Waals surface area contributed by atoms with E-state index in [2.05, 4.69) is 19.2 Å². The molecule has 0 aromatic heterocycles. The zero-order valence-corrected chi connectivity index (χ0v) is 12.6. The Kier molecular flexibility index (Phi) is 5.31. The fourth-order valence-corrected chi connectivity index (χ4v) is 2.62. The molecular weight excluding hydrogens is 271 g/mol. The maximum absolute atomic E-state index is 12.9. The van der Waals surface area contributed by atoms with Crippen molar-refractivity contribution in [2.45, 2.75) is 32.4 Å². The van der Waals surface area contributed by atoms with Gasteiger partial charge in [0.2, 0.25) is 5.91 Å². The molecule has 1 amide bonds. The summed E-state index contributed by atoms with van der Waals surface area (Å²) < 4.78 is 12.9. The second-order valence-electron chi connectivity index (χ2n) is 5.94. The molecule has 1 heterocycles. The Hall–Kier alpha value is -1.46. The average molecular weight is 294 g/mol. The molecule has 2 unspecified atom stereocenters. The number of carbonyl (C=O) groups is 1. The van der Waals surface area contributed by atoms with Crippen LogP contribution in [-0.2, 0) is 11.2 Å². The van der Waals surface area contributed by atoms with Crippen molar-refractivity contribution in [3.8, 4) is 0 Å². The van der Waals surface area contributed by atoms with Crippen LogP contribution in [0.4, 0.5) is 4.39 Å². The Morgan fingerprint density at radius 1 is 1.43 bits per heavy atom. The van der Waals surface area contributed by atoms with Crippen LogP contribution in [0.25, 0.3) is 0 Å². The number of aliphatic hydroxyl groups is 1. The predicted molar refractivity (Wildman–Crippen MR) is 79.3 cm³/mol. The van der Waals surface area contributed by atoms with Crippen molar-refractivity contribution >= 4 is 5.91 Å². The Morgan fingerprint density at radius 3 is 2.67 bits per heavy atom. The standard InChI is InChI=1S/C16H23FN2O2/c1-11(2)15-9-19(14(10-20)8-18-15)16(21)7-12-3-5-13(17)6-4-12/h3-6,11,14-15,18,20H,7-10H2,1-2H3. The van der Waals surface area contributed by atoms with Gasteiger partial charge in [-0.2, -0.15) is 0 Å². The van der Waals surface area contributed by atoms with Crippen LogP contribution in [0.2, 0.25) is 0 Å². The molecule has 116 valence electrons. The van der Waals surface area contributed by atoms with Crippen LogP contribution < -0.4 is 5.32 Å². The quantitative estimate of drug-likeness (QED) is 0.877. The lowest BCUT2D eigenvalue weighted by Gasteiger charge is -2.41. The van der Waals surface area contributed by atoms with Crippen molar-refractivity contribution in [1.29, 1.82) is 0 Å². The van der Waals surface area contributed by atoms with Crippen LogP contribution in [0, 0.1) is 11.7 Å². The van der Waals surface area contributed by atoms with E-state index in [9.17, 15) is 14.3 Å². The van der Waals surface area contributed by atoms with Crippen molar-refractivity contribution in [3.63, 3.8) is 0 Å². The molecule has 1 aliphatic heterocycles. The highest BCUT2D eigenvalue weighted by Crippen LogP contribution is 2.15. The van der Waals surface area contributed by atoms with E-state index < -0.39 is 0 Å². The van der Waals surface area contributed by atoms with E-state index in [1.165, 1.54) is 12.1 Å². The highest BCUT2D eigenvalue weighted by atomic mass is 19.1. The highest BCUT2D eigenvalue weighted by molar-refractivity contribution is 5.79. The number of amides is 1. The molecule has 2 N–H and O–H groups in total. The first-order valence-corrected chi connectivity index (χ1v) is 7.39. The largest absolute Gasteiger partial charge is 0.394 e. The molecule has 1 aromatic carbocycles. The Labute approximate surface area is 125 Å². The molecule has 0 aliphatic carbocycles. The number of benzene rings is 1. The SMILES string of the molecule is CC(C)C1CN(C(=O)Cc2ccc(F)cc2)C(CO)CN1. The van der Waals surface area contributed by atoms with Gasteiger partial charge in [0, 0.05) is 19.1 Å². The highest BCUT2D eigenvalue weighted by Gasteiger charge is 2.31. The van der Waals surface area contributed by atoms with Gasteiger partial charge in [-0.05, 0) is 23.6 Å². The van der Waals surface area contributed by atoms with Crippen molar-refractivity contribution in [3.05, 3.63) is 35.6 Å². The zero-order chi connectivity index (χ0) is 15.4. The summed E-state index contributed by atoms with van der Waals surface area (Å²) in [6, 6.07) is 6.03. The van der Waals surface area contributed by atoms with Gasteiger partial charge in [0.25, 0.3) is 0 Å². The average Bonchev–Trinajstić information content (AvgIpc) is 2.48. The second kappa shape index (κ2) is 7.00. The number of carbonyl (C=O) groups excluding carboxylic acids is 1.